The molecule has 0 aliphatic heterocycles. The van der Waals surface area contributed by atoms with E-state index >= 15 is 0 Å². The second-order valence-corrected chi connectivity index (χ2v) is 2.70. The monoisotopic (exact) mass is 103 g/mol. The second kappa shape index (κ2) is 3.22. The topological polar surface area (TPSA) is 12.4 Å². The van der Waals surface area contributed by atoms with Crippen LogP contribution in [0.15, 0.2) is 4.40 Å². The fourth-order valence-electron chi connectivity index (χ4n) is 0.149. The Balaban J connectivity index is 2.81. The van der Waals surface area contributed by atoms with Crippen molar-refractivity contribution in [2.75, 3.05) is 0 Å². The molecule has 0 saturated heterocycles. The van der Waals surface area contributed by atoms with Gasteiger partial charge in [-0.2, -0.15) is 0 Å². The van der Waals surface area contributed by atoms with Crippen LogP contribution in [0.1, 0.15) is 13.8 Å². The lowest BCUT2D eigenvalue weighted by molar-refractivity contribution is 1.11. The van der Waals surface area contributed by atoms with Gasteiger partial charge >= 0.3 is 0 Å². The average molecular weight is 103 g/mol. The van der Waals surface area contributed by atoms with E-state index in [0.717, 1.165) is 0 Å². The minimum atomic E-state index is 0.586. The predicted molar refractivity (Wildman–Crippen MR) is 32.3 cm³/mol. The molecule has 0 radical (unpaired) electrons. The molecule has 0 atom stereocenters. The van der Waals surface area contributed by atoms with Crippen LogP contribution in [0, 0.1) is 0 Å². The molecule has 1 nitrogen and oxygen atoms in total. The van der Waals surface area contributed by atoms with E-state index in [1.54, 1.807) is 0 Å². The minimum Gasteiger partial charge on any atom is -0.232 e. The molecule has 0 unspecified atom stereocenters. The Hall–Kier alpha value is 0.0200. The highest BCUT2D eigenvalue weighted by Gasteiger charge is 1.84. The maximum absolute atomic E-state index is 3.60. The molecule has 0 aromatic rings. The third-order valence-electron chi connectivity index (χ3n) is 0.285. The third-order valence-corrected chi connectivity index (χ3v) is 0.856. The van der Waals surface area contributed by atoms with E-state index in [4.69, 9.17) is 0 Å². The molecule has 0 amide bonds. The number of hydrogen-bond donors (Lipinski definition) is 0. The van der Waals surface area contributed by atoms with Crippen molar-refractivity contribution < 1.29 is 0 Å². The van der Waals surface area contributed by atoms with Crippen LogP contribution in [0.2, 0.25) is 0 Å². The van der Waals surface area contributed by atoms with Crippen LogP contribution in [-0.2, 0) is 0 Å². The molecule has 0 spiro atoms. The molecule has 0 aromatic carbocycles. The first-order valence-electron chi connectivity index (χ1n) is 1.89. The smallest absolute Gasteiger partial charge is 0.0210 e. The molecule has 0 fully saturated rings. The SMILES string of the molecule is C=NSC(C)C. The summed E-state index contributed by atoms with van der Waals surface area (Å²) in [7, 11) is 0. The van der Waals surface area contributed by atoms with Gasteiger partial charge in [-0.15, -0.1) is 0 Å². The van der Waals surface area contributed by atoms with E-state index in [1.165, 1.54) is 11.9 Å². The lowest BCUT2D eigenvalue weighted by Crippen LogP contribution is -1.79. The molecule has 0 aromatic heterocycles. The highest BCUT2D eigenvalue weighted by atomic mass is 32.2. The fourth-order valence-corrected chi connectivity index (χ4v) is 0.447. The zero-order valence-corrected chi connectivity index (χ0v) is 4.96. The normalized spacial score (nSPS) is 9.17. The van der Waals surface area contributed by atoms with Crippen molar-refractivity contribution in [1.29, 1.82) is 0 Å². The van der Waals surface area contributed by atoms with Gasteiger partial charge in [0.15, 0.2) is 0 Å². The Kier molecular flexibility index (Phi) is 3.23. The first-order chi connectivity index (χ1) is 2.77. The molecule has 6 heavy (non-hydrogen) atoms. The van der Waals surface area contributed by atoms with E-state index < -0.39 is 0 Å². The molecule has 0 aliphatic rings. The summed E-state index contributed by atoms with van der Waals surface area (Å²) >= 11 is 1.50. The van der Waals surface area contributed by atoms with Gasteiger partial charge in [-0.05, 0) is 18.7 Å². The molecular weight excluding hydrogens is 94.1 g/mol. The number of rotatable bonds is 2. The van der Waals surface area contributed by atoms with Crippen molar-refractivity contribution >= 4 is 18.7 Å². The zero-order valence-electron chi connectivity index (χ0n) is 4.14. The van der Waals surface area contributed by atoms with Gasteiger partial charge in [0.25, 0.3) is 0 Å². The Morgan fingerprint density at radius 3 is 2.17 bits per heavy atom. The van der Waals surface area contributed by atoms with E-state index in [0.29, 0.717) is 5.25 Å². The Morgan fingerprint density at radius 2 is 2.17 bits per heavy atom. The lowest BCUT2D eigenvalue weighted by Gasteiger charge is -1.91. The van der Waals surface area contributed by atoms with Crippen LogP contribution in [0.5, 0.6) is 0 Å². The number of hydrogen-bond acceptors (Lipinski definition) is 2. The van der Waals surface area contributed by atoms with Crippen LogP contribution >= 0.6 is 11.9 Å². The summed E-state index contributed by atoms with van der Waals surface area (Å²) in [5, 5.41) is 0.586. The van der Waals surface area contributed by atoms with Gasteiger partial charge in [0.05, 0.1) is 0 Å². The van der Waals surface area contributed by atoms with Crippen molar-refractivity contribution in [3.05, 3.63) is 0 Å². The zero-order chi connectivity index (χ0) is 4.99. The van der Waals surface area contributed by atoms with Crippen LogP contribution in [-0.4, -0.2) is 12.0 Å². The standard InChI is InChI=1S/C4H9NS/c1-4(2)6-5-3/h4H,3H2,1-2H3. The molecule has 0 rings (SSSR count). The van der Waals surface area contributed by atoms with Gasteiger partial charge in [0.1, 0.15) is 0 Å². The van der Waals surface area contributed by atoms with E-state index in [9.17, 15) is 0 Å². The summed E-state index contributed by atoms with van der Waals surface area (Å²) in [6.45, 7) is 7.48. The van der Waals surface area contributed by atoms with E-state index in [2.05, 4.69) is 25.0 Å². The first kappa shape index (κ1) is 6.02. The molecule has 0 saturated carbocycles. The largest absolute Gasteiger partial charge is 0.232 e. The number of nitrogens with zero attached hydrogens (tertiary/aromatic N) is 1. The van der Waals surface area contributed by atoms with Gasteiger partial charge in [-0.3, -0.25) is 0 Å². The Labute approximate surface area is 43.0 Å². The summed E-state index contributed by atoms with van der Waals surface area (Å²) in [6, 6.07) is 0. The third kappa shape index (κ3) is 4.02. The minimum absolute atomic E-state index is 0.586. The summed E-state index contributed by atoms with van der Waals surface area (Å²) in [5.74, 6) is 0. The van der Waals surface area contributed by atoms with Crippen molar-refractivity contribution in [1.82, 2.24) is 0 Å². The average Bonchev–Trinajstić information content (AvgIpc) is 1.35. The summed E-state index contributed by atoms with van der Waals surface area (Å²) in [4.78, 5) is 0. The summed E-state index contributed by atoms with van der Waals surface area (Å²) in [6.07, 6.45) is 0. The Morgan fingerprint density at radius 1 is 1.67 bits per heavy atom. The quantitative estimate of drug-likeness (QED) is 0.383. The van der Waals surface area contributed by atoms with E-state index in [-0.39, 0.29) is 0 Å². The lowest BCUT2D eigenvalue weighted by atomic mass is 10.6. The highest BCUT2D eigenvalue weighted by molar-refractivity contribution is 7.98. The molecule has 0 N–H and O–H groups in total. The molecule has 36 valence electrons. The van der Waals surface area contributed by atoms with Crippen molar-refractivity contribution in [2.45, 2.75) is 19.1 Å². The van der Waals surface area contributed by atoms with E-state index in [1.807, 2.05) is 0 Å². The van der Waals surface area contributed by atoms with Crippen molar-refractivity contribution in [3.63, 3.8) is 0 Å². The molecule has 2 heteroatoms. The Bertz CT molecular complexity index is 42.8. The van der Waals surface area contributed by atoms with Gasteiger partial charge in [-0.1, -0.05) is 13.8 Å². The predicted octanol–water partition coefficient (Wildman–Crippen LogP) is 1.74. The van der Waals surface area contributed by atoms with Crippen molar-refractivity contribution in [2.24, 2.45) is 4.40 Å². The first-order valence-corrected chi connectivity index (χ1v) is 2.73. The highest BCUT2D eigenvalue weighted by Crippen LogP contribution is 2.07. The van der Waals surface area contributed by atoms with Crippen LogP contribution in [0.4, 0.5) is 0 Å². The summed E-state index contributed by atoms with van der Waals surface area (Å²) < 4.78 is 3.60. The van der Waals surface area contributed by atoms with Gasteiger partial charge in [-0.25, -0.2) is 4.40 Å². The fraction of sp³-hybridized carbons (Fsp3) is 0.750. The van der Waals surface area contributed by atoms with Crippen LogP contribution in [0.3, 0.4) is 0 Å². The maximum atomic E-state index is 3.60. The molecular formula is C4H9NS. The second-order valence-electron chi connectivity index (χ2n) is 1.28. The molecule has 0 heterocycles. The summed E-state index contributed by atoms with van der Waals surface area (Å²) in [5.41, 5.74) is 0. The van der Waals surface area contributed by atoms with Gasteiger partial charge < -0.3 is 0 Å². The molecule has 0 aliphatic carbocycles. The van der Waals surface area contributed by atoms with Gasteiger partial charge in [0.2, 0.25) is 0 Å². The van der Waals surface area contributed by atoms with Crippen LogP contribution in [0.25, 0.3) is 0 Å². The molecule has 0 bridgehead atoms. The van der Waals surface area contributed by atoms with Gasteiger partial charge in [0, 0.05) is 5.25 Å². The van der Waals surface area contributed by atoms with Crippen LogP contribution < -0.4 is 0 Å². The maximum Gasteiger partial charge on any atom is 0.0210 e. The van der Waals surface area contributed by atoms with Crippen molar-refractivity contribution in [3.8, 4) is 0 Å².